The quantitative estimate of drug-likeness (QED) is 0.878. The Labute approximate surface area is 101 Å². The van der Waals surface area contributed by atoms with Crippen molar-refractivity contribution in [3.8, 4) is 11.4 Å². The molecule has 2 aromatic rings. The van der Waals surface area contributed by atoms with Crippen LogP contribution in [0.25, 0.3) is 11.4 Å². The molecule has 0 radical (unpaired) electrons. The standard InChI is InChI=1S/C11H10BrN3O/c12-8-3-1-2-7(4-8)11-14-9(6-13)5-10(16)15-11/h1-5H,6,13H2,(H,14,15,16). The van der Waals surface area contributed by atoms with E-state index in [-0.39, 0.29) is 12.1 Å². The molecule has 0 unspecified atom stereocenters. The Morgan fingerprint density at radius 1 is 1.38 bits per heavy atom. The van der Waals surface area contributed by atoms with Crippen LogP contribution in [0.15, 0.2) is 39.6 Å². The number of nitrogens with two attached hydrogens (primary N) is 1. The SMILES string of the molecule is NCc1cc(=O)[nH]c(-c2cccc(Br)c2)n1. The molecule has 1 heterocycles. The molecule has 5 heteroatoms. The number of nitrogens with zero attached hydrogens (tertiary/aromatic N) is 1. The summed E-state index contributed by atoms with van der Waals surface area (Å²) in [5.74, 6) is 0.536. The van der Waals surface area contributed by atoms with Gasteiger partial charge in [-0.15, -0.1) is 0 Å². The lowest BCUT2D eigenvalue weighted by Gasteiger charge is -2.03. The maximum atomic E-state index is 11.4. The zero-order chi connectivity index (χ0) is 11.5. The van der Waals surface area contributed by atoms with E-state index >= 15 is 0 Å². The van der Waals surface area contributed by atoms with E-state index in [0.717, 1.165) is 10.0 Å². The van der Waals surface area contributed by atoms with Crippen molar-refractivity contribution < 1.29 is 0 Å². The van der Waals surface area contributed by atoms with E-state index in [9.17, 15) is 4.79 Å². The molecule has 0 fully saturated rings. The number of aromatic amines is 1. The second kappa shape index (κ2) is 4.59. The molecule has 2 rings (SSSR count). The first-order valence-electron chi connectivity index (χ1n) is 4.75. The van der Waals surface area contributed by atoms with Gasteiger partial charge in [-0.3, -0.25) is 4.79 Å². The van der Waals surface area contributed by atoms with Gasteiger partial charge in [0.05, 0.1) is 5.69 Å². The highest BCUT2D eigenvalue weighted by atomic mass is 79.9. The van der Waals surface area contributed by atoms with Gasteiger partial charge in [-0.1, -0.05) is 28.1 Å². The molecule has 16 heavy (non-hydrogen) atoms. The molecule has 0 saturated heterocycles. The summed E-state index contributed by atoms with van der Waals surface area (Å²) in [5.41, 5.74) is 6.71. The predicted molar refractivity (Wildman–Crippen MR) is 65.9 cm³/mol. The number of benzene rings is 1. The van der Waals surface area contributed by atoms with Gasteiger partial charge in [0.15, 0.2) is 0 Å². The average Bonchev–Trinajstić information content (AvgIpc) is 2.28. The minimum Gasteiger partial charge on any atom is -0.325 e. The van der Waals surface area contributed by atoms with E-state index in [2.05, 4.69) is 25.9 Å². The summed E-state index contributed by atoms with van der Waals surface area (Å²) in [4.78, 5) is 18.3. The highest BCUT2D eigenvalue weighted by Gasteiger charge is 2.03. The Balaban J connectivity index is 2.55. The van der Waals surface area contributed by atoms with Crippen molar-refractivity contribution in [3.05, 3.63) is 50.9 Å². The molecule has 1 aromatic carbocycles. The number of nitrogens with one attached hydrogen (secondary N) is 1. The van der Waals surface area contributed by atoms with Crippen LogP contribution in [0.3, 0.4) is 0 Å². The molecule has 0 amide bonds. The highest BCUT2D eigenvalue weighted by molar-refractivity contribution is 9.10. The molecule has 0 aliphatic carbocycles. The number of rotatable bonds is 2. The van der Waals surface area contributed by atoms with Gasteiger partial charge < -0.3 is 10.7 Å². The van der Waals surface area contributed by atoms with Crippen LogP contribution >= 0.6 is 15.9 Å². The van der Waals surface area contributed by atoms with E-state index in [1.807, 2.05) is 24.3 Å². The Morgan fingerprint density at radius 3 is 2.88 bits per heavy atom. The topological polar surface area (TPSA) is 71.8 Å². The summed E-state index contributed by atoms with van der Waals surface area (Å²) in [7, 11) is 0. The molecule has 0 aliphatic heterocycles. The van der Waals surface area contributed by atoms with E-state index in [1.165, 1.54) is 6.07 Å². The summed E-state index contributed by atoms with van der Waals surface area (Å²) in [6.45, 7) is 0.255. The molecule has 3 N–H and O–H groups in total. The lowest BCUT2D eigenvalue weighted by Crippen LogP contribution is -2.12. The average molecular weight is 280 g/mol. The predicted octanol–water partition coefficient (Wildman–Crippen LogP) is 1.66. The number of hydrogen-bond donors (Lipinski definition) is 2. The molecule has 0 atom stereocenters. The first-order valence-corrected chi connectivity index (χ1v) is 5.54. The monoisotopic (exact) mass is 279 g/mol. The van der Waals surface area contributed by atoms with Crippen molar-refractivity contribution in [1.82, 2.24) is 9.97 Å². The van der Waals surface area contributed by atoms with Crippen molar-refractivity contribution in [3.63, 3.8) is 0 Å². The largest absolute Gasteiger partial charge is 0.325 e. The lowest BCUT2D eigenvalue weighted by atomic mass is 10.2. The lowest BCUT2D eigenvalue weighted by molar-refractivity contribution is 0.956. The van der Waals surface area contributed by atoms with Gasteiger partial charge in [-0.2, -0.15) is 0 Å². The molecule has 0 saturated carbocycles. The summed E-state index contributed by atoms with van der Waals surface area (Å²) < 4.78 is 0.936. The van der Waals surface area contributed by atoms with Crippen molar-refractivity contribution in [1.29, 1.82) is 0 Å². The minimum absolute atomic E-state index is 0.189. The summed E-state index contributed by atoms with van der Waals surface area (Å²) in [5, 5.41) is 0. The van der Waals surface area contributed by atoms with Crippen molar-refractivity contribution >= 4 is 15.9 Å². The first kappa shape index (κ1) is 11.0. The van der Waals surface area contributed by atoms with Gasteiger partial charge in [-0.05, 0) is 12.1 Å². The molecule has 0 aliphatic rings. The third-order valence-corrected chi connectivity index (χ3v) is 2.60. The second-order valence-electron chi connectivity index (χ2n) is 3.30. The van der Waals surface area contributed by atoms with Crippen molar-refractivity contribution in [2.24, 2.45) is 5.73 Å². The van der Waals surface area contributed by atoms with Crippen LogP contribution < -0.4 is 11.3 Å². The van der Waals surface area contributed by atoms with Gasteiger partial charge >= 0.3 is 0 Å². The Hall–Kier alpha value is -1.46. The normalized spacial score (nSPS) is 10.4. The van der Waals surface area contributed by atoms with Gasteiger partial charge in [0.1, 0.15) is 5.82 Å². The Bertz CT molecular complexity index is 565. The van der Waals surface area contributed by atoms with Crippen LogP contribution in [0.5, 0.6) is 0 Å². The fourth-order valence-electron chi connectivity index (χ4n) is 1.39. The number of hydrogen-bond acceptors (Lipinski definition) is 3. The van der Waals surface area contributed by atoms with Crippen LogP contribution in [0, 0.1) is 0 Å². The third kappa shape index (κ3) is 2.37. The van der Waals surface area contributed by atoms with E-state index in [1.54, 1.807) is 0 Å². The molecule has 4 nitrogen and oxygen atoms in total. The summed E-state index contributed by atoms with van der Waals surface area (Å²) in [6.07, 6.45) is 0. The fourth-order valence-corrected chi connectivity index (χ4v) is 1.78. The Kier molecular flexibility index (Phi) is 3.17. The van der Waals surface area contributed by atoms with Gasteiger partial charge in [-0.25, -0.2) is 4.98 Å². The molecular formula is C11H10BrN3O. The van der Waals surface area contributed by atoms with Gasteiger partial charge in [0, 0.05) is 22.6 Å². The van der Waals surface area contributed by atoms with E-state index in [0.29, 0.717) is 11.5 Å². The first-order chi connectivity index (χ1) is 7.69. The summed E-state index contributed by atoms with van der Waals surface area (Å²) in [6, 6.07) is 8.96. The summed E-state index contributed by atoms with van der Waals surface area (Å²) >= 11 is 3.37. The maximum Gasteiger partial charge on any atom is 0.251 e. The third-order valence-electron chi connectivity index (χ3n) is 2.10. The Morgan fingerprint density at radius 2 is 2.19 bits per heavy atom. The molecule has 1 aromatic heterocycles. The number of halogens is 1. The smallest absolute Gasteiger partial charge is 0.251 e. The van der Waals surface area contributed by atoms with Crippen molar-refractivity contribution in [2.45, 2.75) is 6.54 Å². The number of H-pyrrole nitrogens is 1. The highest BCUT2D eigenvalue weighted by Crippen LogP contribution is 2.18. The number of aromatic nitrogens is 2. The van der Waals surface area contributed by atoms with Crippen LogP contribution in [-0.4, -0.2) is 9.97 Å². The van der Waals surface area contributed by atoms with E-state index < -0.39 is 0 Å². The molecule has 0 bridgehead atoms. The second-order valence-corrected chi connectivity index (χ2v) is 4.22. The zero-order valence-electron chi connectivity index (χ0n) is 8.40. The van der Waals surface area contributed by atoms with Crippen LogP contribution in [0.2, 0.25) is 0 Å². The fraction of sp³-hybridized carbons (Fsp3) is 0.0909. The van der Waals surface area contributed by atoms with E-state index in [4.69, 9.17) is 5.73 Å². The molecular weight excluding hydrogens is 270 g/mol. The van der Waals surface area contributed by atoms with Crippen LogP contribution in [0.1, 0.15) is 5.69 Å². The molecule has 0 spiro atoms. The minimum atomic E-state index is -0.189. The molecule has 82 valence electrons. The van der Waals surface area contributed by atoms with Gasteiger partial charge in [0.25, 0.3) is 5.56 Å². The maximum absolute atomic E-state index is 11.4. The van der Waals surface area contributed by atoms with Crippen LogP contribution in [0.4, 0.5) is 0 Å². The van der Waals surface area contributed by atoms with Crippen molar-refractivity contribution in [2.75, 3.05) is 0 Å². The van der Waals surface area contributed by atoms with Crippen LogP contribution in [-0.2, 0) is 6.54 Å². The van der Waals surface area contributed by atoms with Gasteiger partial charge in [0.2, 0.25) is 0 Å². The zero-order valence-corrected chi connectivity index (χ0v) is 9.99.